The highest BCUT2D eigenvalue weighted by Crippen LogP contribution is 2.45. The van der Waals surface area contributed by atoms with Crippen molar-refractivity contribution < 1.29 is 18.7 Å². The molecule has 1 aliphatic carbocycles. The molecule has 3 rings (SSSR count). The molecule has 1 aromatic carbocycles. The van der Waals surface area contributed by atoms with Gasteiger partial charge in [-0.2, -0.15) is 11.8 Å². The van der Waals surface area contributed by atoms with Gasteiger partial charge in [0.25, 0.3) is 0 Å². The molecular weight excluding hydrogens is 341 g/mol. The number of nitrogens with one attached hydrogen (secondary N) is 1. The van der Waals surface area contributed by atoms with Crippen LogP contribution in [0.3, 0.4) is 0 Å². The molecule has 1 heterocycles. The summed E-state index contributed by atoms with van der Waals surface area (Å²) in [6.07, 6.45) is 4.66. The van der Waals surface area contributed by atoms with E-state index in [1.807, 2.05) is 6.07 Å². The van der Waals surface area contributed by atoms with Crippen LogP contribution in [0.1, 0.15) is 44.1 Å². The molecule has 0 bridgehead atoms. The Labute approximate surface area is 151 Å². The molecule has 2 aliphatic rings. The smallest absolute Gasteiger partial charge is 0.307 e. The Morgan fingerprint density at radius 1 is 1.32 bits per heavy atom. The van der Waals surface area contributed by atoms with Crippen LogP contribution in [0.5, 0.6) is 0 Å². The van der Waals surface area contributed by atoms with Gasteiger partial charge in [0.15, 0.2) is 0 Å². The fourth-order valence-electron chi connectivity index (χ4n) is 3.75. The molecule has 1 N–H and O–H groups in total. The summed E-state index contributed by atoms with van der Waals surface area (Å²) in [6.45, 7) is 0.573. The zero-order valence-corrected chi connectivity index (χ0v) is 15.1. The molecule has 1 aliphatic heterocycles. The van der Waals surface area contributed by atoms with Gasteiger partial charge in [-0.05, 0) is 49.5 Å². The number of hydrogen-bond acceptors (Lipinski definition) is 4. The zero-order chi connectivity index (χ0) is 17.7. The molecule has 0 unspecified atom stereocenters. The molecule has 25 heavy (non-hydrogen) atoms. The largest absolute Gasteiger partial charge is 0.458 e. The number of halogens is 1. The Kier molecular flexibility index (Phi) is 5.99. The van der Waals surface area contributed by atoms with Crippen molar-refractivity contribution in [2.24, 2.45) is 5.92 Å². The summed E-state index contributed by atoms with van der Waals surface area (Å²) >= 11 is 1.65. The van der Waals surface area contributed by atoms with E-state index in [0.29, 0.717) is 17.9 Å². The van der Waals surface area contributed by atoms with Crippen LogP contribution in [-0.4, -0.2) is 29.8 Å². The molecule has 1 saturated carbocycles. The average molecular weight is 365 g/mol. The van der Waals surface area contributed by atoms with Crippen LogP contribution in [0.2, 0.25) is 0 Å². The van der Waals surface area contributed by atoms with Gasteiger partial charge in [0.2, 0.25) is 5.91 Å². The molecule has 1 saturated heterocycles. The molecule has 0 aromatic heterocycles. The van der Waals surface area contributed by atoms with E-state index in [2.05, 4.69) is 5.32 Å². The second kappa shape index (κ2) is 8.21. The van der Waals surface area contributed by atoms with E-state index in [-0.39, 0.29) is 30.0 Å². The first-order valence-electron chi connectivity index (χ1n) is 8.91. The van der Waals surface area contributed by atoms with Gasteiger partial charge in [0, 0.05) is 12.3 Å². The third kappa shape index (κ3) is 4.35. The van der Waals surface area contributed by atoms with E-state index < -0.39 is 5.60 Å². The van der Waals surface area contributed by atoms with Crippen LogP contribution in [0.25, 0.3) is 0 Å². The van der Waals surface area contributed by atoms with Crippen LogP contribution < -0.4 is 5.32 Å². The molecule has 1 atom stereocenters. The highest BCUT2D eigenvalue weighted by molar-refractivity contribution is 7.98. The van der Waals surface area contributed by atoms with Crippen LogP contribution in [-0.2, 0) is 20.1 Å². The molecule has 136 valence electrons. The third-order valence-corrected chi connectivity index (χ3v) is 6.16. The number of thioether (sulfide) groups is 1. The first-order chi connectivity index (χ1) is 12.1. The number of esters is 1. The van der Waals surface area contributed by atoms with Gasteiger partial charge in [-0.1, -0.05) is 18.2 Å². The number of benzene rings is 1. The Morgan fingerprint density at radius 3 is 2.84 bits per heavy atom. The van der Waals surface area contributed by atoms with Gasteiger partial charge < -0.3 is 10.1 Å². The Morgan fingerprint density at radius 2 is 2.08 bits per heavy atom. The maximum absolute atomic E-state index is 13.5. The third-order valence-electron chi connectivity index (χ3n) is 5.07. The second-order valence-electron chi connectivity index (χ2n) is 6.79. The van der Waals surface area contributed by atoms with E-state index in [1.54, 1.807) is 23.9 Å². The number of rotatable bonds is 7. The first-order valence-corrected chi connectivity index (χ1v) is 10.1. The number of ether oxygens (including phenoxy) is 1. The maximum atomic E-state index is 13.5. The minimum atomic E-state index is -0.541. The van der Waals surface area contributed by atoms with Crippen molar-refractivity contribution >= 4 is 23.6 Å². The number of amides is 1. The monoisotopic (exact) mass is 365 g/mol. The van der Waals surface area contributed by atoms with Gasteiger partial charge >= 0.3 is 5.97 Å². The van der Waals surface area contributed by atoms with Crippen LogP contribution in [0.15, 0.2) is 24.3 Å². The second-order valence-corrected chi connectivity index (χ2v) is 7.90. The van der Waals surface area contributed by atoms with Crippen molar-refractivity contribution in [2.45, 2.75) is 49.9 Å². The van der Waals surface area contributed by atoms with Gasteiger partial charge in [0.1, 0.15) is 11.4 Å². The van der Waals surface area contributed by atoms with Gasteiger partial charge in [-0.3, -0.25) is 9.59 Å². The van der Waals surface area contributed by atoms with E-state index in [4.69, 9.17) is 4.74 Å². The Hall–Kier alpha value is -1.56. The van der Waals surface area contributed by atoms with Gasteiger partial charge in [-0.15, -0.1) is 0 Å². The lowest BCUT2D eigenvalue weighted by atomic mass is 9.85. The Balaban J connectivity index is 1.37. The summed E-state index contributed by atoms with van der Waals surface area (Å²) in [6, 6.07) is 6.79. The topological polar surface area (TPSA) is 55.4 Å². The number of hydrogen-bond donors (Lipinski definition) is 1. The van der Waals surface area contributed by atoms with E-state index in [1.165, 1.54) is 6.07 Å². The predicted molar refractivity (Wildman–Crippen MR) is 95.6 cm³/mol. The fraction of sp³-hybridized carbons (Fsp3) is 0.579. The highest BCUT2D eigenvalue weighted by atomic mass is 32.2. The van der Waals surface area contributed by atoms with Crippen molar-refractivity contribution in [2.75, 3.05) is 12.3 Å². The van der Waals surface area contributed by atoms with E-state index in [9.17, 15) is 14.0 Å². The SMILES string of the molecule is O=C1C[C@@H](C(=O)NCCCSCc2ccccc2F)C2(CCCC2)O1. The summed E-state index contributed by atoms with van der Waals surface area (Å²) in [5.74, 6) is 0.660. The first kappa shape index (κ1) is 18.2. The zero-order valence-electron chi connectivity index (χ0n) is 14.3. The minimum Gasteiger partial charge on any atom is -0.458 e. The lowest BCUT2D eigenvalue weighted by molar-refractivity contribution is -0.149. The summed E-state index contributed by atoms with van der Waals surface area (Å²) < 4.78 is 19.0. The van der Waals surface area contributed by atoms with Crippen molar-refractivity contribution in [3.63, 3.8) is 0 Å². The lowest BCUT2D eigenvalue weighted by Gasteiger charge is -2.27. The van der Waals surface area contributed by atoms with Crippen LogP contribution in [0.4, 0.5) is 4.39 Å². The molecule has 1 amide bonds. The predicted octanol–water partition coefficient (Wildman–Crippen LogP) is 3.44. The molecule has 1 aromatic rings. The van der Waals surface area contributed by atoms with E-state index in [0.717, 1.165) is 37.9 Å². The van der Waals surface area contributed by atoms with Gasteiger partial charge in [0.05, 0.1) is 12.3 Å². The molecule has 6 heteroatoms. The van der Waals surface area contributed by atoms with Crippen molar-refractivity contribution in [1.82, 2.24) is 5.32 Å². The summed E-state index contributed by atoms with van der Waals surface area (Å²) in [4.78, 5) is 24.1. The molecule has 1 spiro atoms. The van der Waals surface area contributed by atoms with Crippen molar-refractivity contribution in [3.05, 3.63) is 35.6 Å². The molecule has 4 nitrogen and oxygen atoms in total. The quantitative estimate of drug-likeness (QED) is 0.594. The lowest BCUT2D eigenvalue weighted by Crippen LogP contribution is -2.43. The summed E-state index contributed by atoms with van der Waals surface area (Å²) in [7, 11) is 0. The summed E-state index contributed by atoms with van der Waals surface area (Å²) in [5, 5.41) is 2.95. The van der Waals surface area contributed by atoms with Gasteiger partial charge in [-0.25, -0.2) is 4.39 Å². The summed E-state index contributed by atoms with van der Waals surface area (Å²) in [5.41, 5.74) is 0.169. The standard InChI is InChI=1S/C19H24FNO3S/c20-16-7-2-1-6-14(16)13-25-11-5-10-21-18(23)15-12-17(22)24-19(15)8-3-4-9-19/h1-2,6-7,15H,3-5,8-13H2,(H,21,23)/t15-/m0/s1. The van der Waals surface area contributed by atoms with Crippen molar-refractivity contribution in [3.8, 4) is 0 Å². The van der Waals surface area contributed by atoms with Crippen LogP contribution in [0, 0.1) is 11.7 Å². The van der Waals surface area contributed by atoms with E-state index >= 15 is 0 Å². The van der Waals surface area contributed by atoms with Crippen LogP contribution >= 0.6 is 11.8 Å². The number of carbonyl (C=O) groups excluding carboxylic acids is 2. The number of carbonyl (C=O) groups is 2. The minimum absolute atomic E-state index is 0.0631. The average Bonchev–Trinajstić information content (AvgIpc) is 3.19. The molecule has 2 fully saturated rings. The molecular formula is C19H24FNO3S. The Bertz CT molecular complexity index is 631. The molecule has 0 radical (unpaired) electrons. The maximum Gasteiger partial charge on any atom is 0.307 e. The normalized spacial score (nSPS) is 21.5. The van der Waals surface area contributed by atoms with Crippen molar-refractivity contribution in [1.29, 1.82) is 0 Å². The fourth-order valence-corrected chi connectivity index (χ4v) is 4.70. The highest BCUT2D eigenvalue weighted by Gasteiger charge is 2.53.